The highest BCUT2D eigenvalue weighted by Crippen LogP contribution is 2.22. The van der Waals surface area contributed by atoms with Gasteiger partial charge in [-0.2, -0.15) is 0 Å². The van der Waals surface area contributed by atoms with Crippen molar-refractivity contribution in [1.29, 1.82) is 0 Å². The highest BCUT2D eigenvalue weighted by molar-refractivity contribution is 5.85. The molecule has 0 saturated heterocycles. The highest BCUT2D eigenvalue weighted by atomic mass is 35.5. The molecule has 2 heteroatoms. The standard InChI is InChI=1S/C14H23N.ClH/c1-4-5-6-10-14(15)13-9-7-8-11(2)12(13)3;/h7-9,14H,4-6,10,15H2,1-3H3;1H. The van der Waals surface area contributed by atoms with Gasteiger partial charge in [-0.05, 0) is 37.0 Å². The molecule has 0 spiro atoms. The van der Waals surface area contributed by atoms with E-state index in [0.717, 1.165) is 6.42 Å². The van der Waals surface area contributed by atoms with E-state index in [1.807, 2.05) is 0 Å². The minimum absolute atomic E-state index is 0. The molecular weight excluding hydrogens is 218 g/mol. The second-order valence-electron chi connectivity index (χ2n) is 4.39. The van der Waals surface area contributed by atoms with Crippen LogP contribution in [0.15, 0.2) is 18.2 Å². The van der Waals surface area contributed by atoms with E-state index < -0.39 is 0 Å². The second kappa shape index (κ2) is 7.70. The lowest BCUT2D eigenvalue weighted by Crippen LogP contribution is -2.12. The lowest BCUT2D eigenvalue weighted by atomic mass is 9.95. The highest BCUT2D eigenvalue weighted by Gasteiger charge is 2.09. The van der Waals surface area contributed by atoms with Gasteiger partial charge >= 0.3 is 0 Å². The molecule has 0 radical (unpaired) electrons. The summed E-state index contributed by atoms with van der Waals surface area (Å²) in [6.45, 7) is 6.55. The summed E-state index contributed by atoms with van der Waals surface area (Å²) < 4.78 is 0. The first-order valence-electron chi connectivity index (χ1n) is 5.98. The molecule has 16 heavy (non-hydrogen) atoms. The maximum atomic E-state index is 6.21. The van der Waals surface area contributed by atoms with Crippen LogP contribution in [0.5, 0.6) is 0 Å². The van der Waals surface area contributed by atoms with Crippen molar-refractivity contribution in [2.24, 2.45) is 5.73 Å². The second-order valence-corrected chi connectivity index (χ2v) is 4.39. The minimum Gasteiger partial charge on any atom is -0.324 e. The van der Waals surface area contributed by atoms with Gasteiger partial charge in [0.15, 0.2) is 0 Å². The summed E-state index contributed by atoms with van der Waals surface area (Å²) in [7, 11) is 0. The largest absolute Gasteiger partial charge is 0.324 e. The van der Waals surface area contributed by atoms with Crippen LogP contribution in [0, 0.1) is 13.8 Å². The third kappa shape index (κ3) is 4.15. The van der Waals surface area contributed by atoms with E-state index in [0.29, 0.717) is 0 Å². The average Bonchev–Trinajstić information content (AvgIpc) is 2.22. The predicted molar refractivity (Wildman–Crippen MR) is 74.2 cm³/mol. The summed E-state index contributed by atoms with van der Waals surface area (Å²) >= 11 is 0. The van der Waals surface area contributed by atoms with Crippen LogP contribution in [0.4, 0.5) is 0 Å². The van der Waals surface area contributed by atoms with Crippen LogP contribution < -0.4 is 5.73 Å². The molecule has 1 nitrogen and oxygen atoms in total. The molecule has 0 heterocycles. The van der Waals surface area contributed by atoms with Gasteiger partial charge in [-0.15, -0.1) is 12.4 Å². The van der Waals surface area contributed by atoms with Crippen LogP contribution in [-0.2, 0) is 0 Å². The monoisotopic (exact) mass is 241 g/mol. The zero-order chi connectivity index (χ0) is 11.3. The molecule has 0 aliphatic carbocycles. The number of unbranched alkanes of at least 4 members (excludes halogenated alkanes) is 2. The first kappa shape index (κ1) is 15.5. The van der Waals surface area contributed by atoms with E-state index in [9.17, 15) is 0 Å². The molecule has 0 bridgehead atoms. The molecule has 92 valence electrons. The van der Waals surface area contributed by atoms with Gasteiger partial charge in [-0.1, -0.05) is 44.4 Å². The molecule has 1 unspecified atom stereocenters. The maximum Gasteiger partial charge on any atom is 0.0297 e. The molecule has 0 amide bonds. The number of halogens is 1. The van der Waals surface area contributed by atoms with Gasteiger partial charge < -0.3 is 5.73 Å². The Kier molecular flexibility index (Phi) is 7.44. The van der Waals surface area contributed by atoms with Crippen molar-refractivity contribution in [2.75, 3.05) is 0 Å². The zero-order valence-electron chi connectivity index (χ0n) is 10.6. The Morgan fingerprint density at radius 3 is 2.50 bits per heavy atom. The normalized spacial score (nSPS) is 12.0. The van der Waals surface area contributed by atoms with E-state index >= 15 is 0 Å². The van der Waals surface area contributed by atoms with E-state index in [1.165, 1.54) is 36.0 Å². The quantitative estimate of drug-likeness (QED) is 0.764. The van der Waals surface area contributed by atoms with Crippen LogP contribution in [-0.4, -0.2) is 0 Å². The lowest BCUT2D eigenvalue weighted by molar-refractivity contribution is 0.579. The summed E-state index contributed by atoms with van der Waals surface area (Å²) in [6, 6.07) is 6.64. The van der Waals surface area contributed by atoms with Crippen molar-refractivity contribution < 1.29 is 0 Å². The molecule has 1 atom stereocenters. The Labute approximate surface area is 106 Å². The summed E-state index contributed by atoms with van der Waals surface area (Å²) in [5.74, 6) is 0. The van der Waals surface area contributed by atoms with E-state index in [4.69, 9.17) is 5.73 Å². The fourth-order valence-corrected chi connectivity index (χ4v) is 1.95. The van der Waals surface area contributed by atoms with Crippen molar-refractivity contribution in [3.8, 4) is 0 Å². The smallest absolute Gasteiger partial charge is 0.0297 e. The van der Waals surface area contributed by atoms with Gasteiger partial charge in [0.1, 0.15) is 0 Å². The molecule has 1 aromatic rings. The van der Waals surface area contributed by atoms with Crippen molar-refractivity contribution in [3.05, 3.63) is 34.9 Å². The van der Waals surface area contributed by atoms with E-state index in [2.05, 4.69) is 39.0 Å². The van der Waals surface area contributed by atoms with E-state index in [1.54, 1.807) is 0 Å². The van der Waals surface area contributed by atoms with Gasteiger partial charge in [0.05, 0.1) is 0 Å². The summed E-state index contributed by atoms with van der Waals surface area (Å²) in [4.78, 5) is 0. The SMILES string of the molecule is CCCCCC(N)c1cccc(C)c1C.Cl. The number of aryl methyl sites for hydroxylation is 1. The number of hydrogen-bond acceptors (Lipinski definition) is 1. The minimum atomic E-state index is 0. The van der Waals surface area contributed by atoms with Gasteiger partial charge in [0, 0.05) is 6.04 Å². The molecule has 1 rings (SSSR count). The number of hydrogen-bond donors (Lipinski definition) is 1. The molecule has 0 saturated carbocycles. The first-order valence-corrected chi connectivity index (χ1v) is 5.98. The number of benzene rings is 1. The molecule has 2 N–H and O–H groups in total. The fraction of sp³-hybridized carbons (Fsp3) is 0.571. The van der Waals surface area contributed by atoms with Gasteiger partial charge in [0.25, 0.3) is 0 Å². The third-order valence-corrected chi connectivity index (χ3v) is 3.16. The average molecular weight is 242 g/mol. The summed E-state index contributed by atoms with van der Waals surface area (Å²) in [5.41, 5.74) is 10.2. The van der Waals surface area contributed by atoms with Crippen LogP contribution >= 0.6 is 12.4 Å². The molecule has 0 aromatic heterocycles. The number of nitrogens with two attached hydrogens (primary N) is 1. The molecule has 0 aliphatic rings. The zero-order valence-corrected chi connectivity index (χ0v) is 11.4. The maximum absolute atomic E-state index is 6.21. The Morgan fingerprint density at radius 2 is 1.88 bits per heavy atom. The van der Waals surface area contributed by atoms with E-state index in [-0.39, 0.29) is 18.4 Å². The Balaban J connectivity index is 0.00000225. The lowest BCUT2D eigenvalue weighted by Gasteiger charge is -2.15. The van der Waals surface area contributed by atoms with Gasteiger partial charge in [-0.3, -0.25) is 0 Å². The topological polar surface area (TPSA) is 26.0 Å². The Hall–Kier alpha value is -0.530. The van der Waals surface area contributed by atoms with Gasteiger partial charge in [-0.25, -0.2) is 0 Å². The van der Waals surface area contributed by atoms with Crippen LogP contribution in [0.1, 0.15) is 55.3 Å². The van der Waals surface area contributed by atoms with Crippen molar-refractivity contribution in [1.82, 2.24) is 0 Å². The Morgan fingerprint density at radius 1 is 1.19 bits per heavy atom. The molecule has 0 fully saturated rings. The van der Waals surface area contributed by atoms with Crippen molar-refractivity contribution in [2.45, 2.75) is 52.5 Å². The summed E-state index contributed by atoms with van der Waals surface area (Å²) in [6.07, 6.45) is 4.90. The van der Waals surface area contributed by atoms with Crippen LogP contribution in [0.3, 0.4) is 0 Å². The van der Waals surface area contributed by atoms with Crippen LogP contribution in [0.2, 0.25) is 0 Å². The van der Waals surface area contributed by atoms with Crippen molar-refractivity contribution >= 4 is 12.4 Å². The van der Waals surface area contributed by atoms with Gasteiger partial charge in [0.2, 0.25) is 0 Å². The van der Waals surface area contributed by atoms with Crippen LogP contribution in [0.25, 0.3) is 0 Å². The Bertz CT molecular complexity index is 310. The molecule has 1 aromatic carbocycles. The molecule has 0 aliphatic heterocycles. The fourth-order valence-electron chi connectivity index (χ4n) is 1.95. The van der Waals surface area contributed by atoms with Crippen molar-refractivity contribution in [3.63, 3.8) is 0 Å². The molecular formula is C14H24ClN. The first-order chi connectivity index (χ1) is 7.16. The number of rotatable bonds is 5. The predicted octanol–water partition coefficient (Wildman–Crippen LogP) is 4.31. The summed E-state index contributed by atoms with van der Waals surface area (Å²) in [5, 5.41) is 0. The third-order valence-electron chi connectivity index (χ3n) is 3.16.